The van der Waals surface area contributed by atoms with Gasteiger partial charge >= 0.3 is 0 Å². The largest absolute Gasteiger partial charge is 0.440 e. The van der Waals surface area contributed by atoms with Crippen molar-refractivity contribution in [1.29, 1.82) is 0 Å². The van der Waals surface area contributed by atoms with E-state index in [9.17, 15) is 13.2 Å². The monoisotopic (exact) mass is 455 g/mol. The SMILES string of the molecule is CCN(CC)S(=O)(=O)c1ccc(C)c(C(=O)N2CCC(c3nc4ccccc4o3)CC2)c1. The van der Waals surface area contributed by atoms with Crippen molar-refractivity contribution in [3.8, 4) is 0 Å². The second kappa shape index (κ2) is 9.03. The lowest BCUT2D eigenvalue weighted by atomic mass is 9.96. The van der Waals surface area contributed by atoms with Crippen LogP contribution in [0, 0.1) is 6.92 Å². The molecule has 1 amide bonds. The number of benzene rings is 2. The topological polar surface area (TPSA) is 83.7 Å². The van der Waals surface area contributed by atoms with Crippen LogP contribution in [-0.2, 0) is 10.0 Å². The molecule has 1 aliphatic rings. The molecule has 0 aliphatic carbocycles. The van der Waals surface area contributed by atoms with Crippen LogP contribution in [-0.4, -0.2) is 54.7 Å². The highest BCUT2D eigenvalue weighted by molar-refractivity contribution is 7.89. The molecule has 32 heavy (non-hydrogen) atoms. The Kier molecular flexibility index (Phi) is 6.35. The number of oxazole rings is 1. The standard InChI is InChI=1S/C24H29N3O4S/c1-4-27(5-2)32(29,30)19-11-10-17(3)20(16-19)24(28)26-14-12-18(13-15-26)23-25-21-8-6-7-9-22(21)31-23/h6-11,16,18H,4-5,12-15H2,1-3H3. The van der Waals surface area contributed by atoms with E-state index in [0.717, 1.165) is 35.4 Å². The lowest BCUT2D eigenvalue weighted by Gasteiger charge is -2.31. The molecule has 2 heterocycles. The van der Waals surface area contributed by atoms with E-state index in [1.54, 1.807) is 17.0 Å². The number of aromatic nitrogens is 1. The molecule has 0 atom stereocenters. The molecule has 0 saturated carbocycles. The van der Waals surface area contributed by atoms with Gasteiger partial charge in [0.05, 0.1) is 4.90 Å². The zero-order valence-electron chi connectivity index (χ0n) is 18.7. The molecule has 170 valence electrons. The van der Waals surface area contributed by atoms with Gasteiger partial charge in [0.25, 0.3) is 5.91 Å². The maximum atomic E-state index is 13.3. The molecule has 8 heteroatoms. The average Bonchev–Trinajstić information content (AvgIpc) is 3.24. The number of hydrogen-bond acceptors (Lipinski definition) is 5. The zero-order chi connectivity index (χ0) is 22.9. The van der Waals surface area contributed by atoms with Crippen LogP contribution in [0.25, 0.3) is 11.1 Å². The van der Waals surface area contributed by atoms with Crippen LogP contribution in [0.1, 0.15) is 54.4 Å². The van der Waals surface area contributed by atoms with Crippen molar-refractivity contribution < 1.29 is 17.6 Å². The van der Waals surface area contributed by atoms with Gasteiger partial charge in [-0.05, 0) is 49.6 Å². The van der Waals surface area contributed by atoms with Gasteiger partial charge in [0.15, 0.2) is 11.5 Å². The molecule has 3 aromatic rings. The van der Waals surface area contributed by atoms with E-state index in [2.05, 4.69) is 4.98 Å². The summed E-state index contributed by atoms with van der Waals surface area (Å²) in [4.78, 5) is 19.8. The van der Waals surface area contributed by atoms with Crippen molar-refractivity contribution >= 4 is 27.0 Å². The number of rotatable bonds is 6. The van der Waals surface area contributed by atoms with Crippen LogP contribution in [0.3, 0.4) is 0 Å². The maximum absolute atomic E-state index is 13.3. The first-order valence-corrected chi connectivity index (χ1v) is 12.5. The number of para-hydroxylation sites is 2. The fourth-order valence-electron chi connectivity index (χ4n) is 4.27. The summed E-state index contributed by atoms with van der Waals surface area (Å²) in [7, 11) is -3.62. The molecule has 1 fully saturated rings. The Hall–Kier alpha value is -2.71. The number of aryl methyl sites for hydroxylation is 1. The third-order valence-corrected chi connectivity index (χ3v) is 8.27. The Morgan fingerprint density at radius 1 is 1.12 bits per heavy atom. The number of sulfonamides is 1. The number of carbonyl (C=O) groups excluding carboxylic acids is 1. The Morgan fingerprint density at radius 2 is 1.81 bits per heavy atom. The summed E-state index contributed by atoms with van der Waals surface area (Å²) >= 11 is 0. The van der Waals surface area contributed by atoms with E-state index < -0.39 is 10.0 Å². The van der Waals surface area contributed by atoms with Gasteiger partial charge in [0.2, 0.25) is 10.0 Å². The van der Waals surface area contributed by atoms with Crippen molar-refractivity contribution in [3.63, 3.8) is 0 Å². The first-order valence-electron chi connectivity index (χ1n) is 11.1. The highest BCUT2D eigenvalue weighted by Gasteiger charge is 2.29. The highest BCUT2D eigenvalue weighted by atomic mass is 32.2. The van der Waals surface area contributed by atoms with Gasteiger partial charge in [-0.2, -0.15) is 4.31 Å². The molecule has 1 saturated heterocycles. The summed E-state index contributed by atoms with van der Waals surface area (Å²) in [5, 5.41) is 0. The summed E-state index contributed by atoms with van der Waals surface area (Å²) in [6, 6.07) is 12.5. The maximum Gasteiger partial charge on any atom is 0.254 e. The molecule has 0 N–H and O–H groups in total. The summed E-state index contributed by atoms with van der Waals surface area (Å²) in [5.74, 6) is 0.763. The normalized spacial score (nSPS) is 15.6. The van der Waals surface area contributed by atoms with Gasteiger partial charge in [-0.15, -0.1) is 0 Å². The Balaban J connectivity index is 1.50. The van der Waals surface area contributed by atoms with Crippen molar-refractivity contribution in [2.75, 3.05) is 26.2 Å². The van der Waals surface area contributed by atoms with Gasteiger partial charge < -0.3 is 9.32 Å². The highest BCUT2D eigenvalue weighted by Crippen LogP contribution is 2.31. The number of likely N-dealkylation sites (tertiary alicyclic amines) is 1. The van der Waals surface area contributed by atoms with Crippen LogP contribution < -0.4 is 0 Å². The Morgan fingerprint density at radius 3 is 2.47 bits per heavy atom. The number of nitrogens with zero attached hydrogens (tertiary/aromatic N) is 3. The van der Waals surface area contributed by atoms with Crippen molar-refractivity contribution in [3.05, 3.63) is 59.5 Å². The minimum absolute atomic E-state index is 0.130. The molecular formula is C24H29N3O4S. The van der Waals surface area contributed by atoms with E-state index in [1.165, 1.54) is 10.4 Å². The van der Waals surface area contributed by atoms with Gasteiger partial charge in [-0.1, -0.05) is 32.0 Å². The number of piperidine rings is 1. The van der Waals surface area contributed by atoms with E-state index in [0.29, 0.717) is 31.7 Å². The van der Waals surface area contributed by atoms with Crippen LogP contribution in [0.5, 0.6) is 0 Å². The zero-order valence-corrected chi connectivity index (χ0v) is 19.6. The summed E-state index contributed by atoms with van der Waals surface area (Å²) in [5.41, 5.74) is 2.85. The average molecular weight is 456 g/mol. The first-order chi connectivity index (χ1) is 15.3. The van der Waals surface area contributed by atoms with E-state index in [-0.39, 0.29) is 16.7 Å². The number of fused-ring (bicyclic) bond motifs is 1. The Labute approximate surface area is 189 Å². The van der Waals surface area contributed by atoms with Crippen LogP contribution in [0.15, 0.2) is 51.8 Å². The predicted molar refractivity (Wildman–Crippen MR) is 123 cm³/mol. The van der Waals surface area contributed by atoms with E-state index in [1.807, 2.05) is 45.0 Å². The molecule has 0 radical (unpaired) electrons. The van der Waals surface area contributed by atoms with Crippen molar-refractivity contribution in [2.24, 2.45) is 0 Å². The minimum Gasteiger partial charge on any atom is -0.440 e. The molecule has 2 aromatic carbocycles. The number of amides is 1. The first kappa shape index (κ1) is 22.5. The van der Waals surface area contributed by atoms with Crippen molar-refractivity contribution in [2.45, 2.75) is 44.4 Å². The smallest absolute Gasteiger partial charge is 0.254 e. The van der Waals surface area contributed by atoms with Crippen LogP contribution >= 0.6 is 0 Å². The second-order valence-electron chi connectivity index (χ2n) is 8.15. The van der Waals surface area contributed by atoms with Crippen LogP contribution in [0.4, 0.5) is 0 Å². The molecule has 0 unspecified atom stereocenters. The van der Waals surface area contributed by atoms with Gasteiger partial charge in [-0.25, -0.2) is 13.4 Å². The Bertz CT molecular complexity index is 1190. The molecule has 4 rings (SSSR count). The number of carbonyl (C=O) groups is 1. The predicted octanol–water partition coefficient (Wildman–Crippen LogP) is 4.19. The summed E-state index contributed by atoms with van der Waals surface area (Å²) in [6.45, 7) is 7.39. The van der Waals surface area contributed by atoms with Gasteiger partial charge in [0, 0.05) is 37.7 Å². The quantitative estimate of drug-likeness (QED) is 0.557. The fraction of sp³-hybridized carbons (Fsp3) is 0.417. The lowest BCUT2D eigenvalue weighted by Crippen LogP contribution is -2.38. The van der Waals surface area contributed by atoms with Gasteiger partial charge in [0.1, 0.15) is 5.52 Å². The lowest BCUT2D eigenvalue weighted by molar-refractivity contribution is 0.0705. The van der Waals surface area contributed by atoms with Gasteiger partial charge in [-0.3, -0.25) is 4.79 Å². The molecule has 7 nitrogen and oxygen atoms in total. The molecule has 1 aromatic heterocycles. The van der Waals surface area contributed by atoms with Crippen LogP contribution in [0.2, 0.25) is 0 Å². The molecule has 1 aliphatic heterocycles. The second-order valence-corrected chi connectivity index (χ2v) is 10.1. The molecular weight excluding hydrogens is 426 g/mol. The van der Waals surface area contributed by atoms with E-state index in [4.69, 9.17) is 4.42 Å². The van der Waals surface area contributed by atoms with Crippen molar-refractivity contribution in [1.82, 2.24) is 14.2 Å². The summed E-state index contributed by atoms with van der Waals surface area (Å²) in [6.07, 6.45) is 1.52. The number of hydrogen-bond donors (Lipinski definition) is 0. The molecule has 0 bridgehead atoms. The minimum atomic E-state index is -3.62. The third-order valence-electron chi connectivity index (χ3n) is 6.22. The summed E-state index contributed by atoms with van der Waals surface area (Å²) < 4.78 is 33.1. The fourth-order valence-corrected chi connectivity index (χ4v) is 5.75. The third kappa shape index (κ3) is 4.17. The molecule has 0 spiro atoms. The van der Waals surface area contributed by atoms with E-state index >= 15 is 0 Å².